The lowest BCUT2D eigenvalue weighted by molar-refractivity contribution is 0.0628. The van der Waals surface area contributed by atoms with Crippen molar-refractivity contribution in [3.8, 4) is 0 Å². The number of carbonyl (C=O) groups excluding carboxylic acids is 2. The van der Waals surface area contributed by atoms with Crippen molar-refractivity contribution in [2.45, 2.75) is 13.5 Å². The molecule has 5 rings (SSSR count). The van der Waals surface area contributed by atoms with Crippen molar-refractivity contribution in [3.63, 3.8) is 0 Å². The topological polar surface area (TPSA) is 82.8 Å². The molecule has 1 aliphatic rings. The predicted octanol–water partition coefficient (Wildman–Crippen LogP) is 3.25. The van der Waals surface area contributed by atoms with Crippen LogP contribution in [-0.4, -0.2) is 62.2 Å². The number of nitrogens with one attached hydrogen (secondary N) is 1. The Morgan fingerprint density at radius 1 is 0.971 bits per heavy atom. The van der Waals surface area contributed by atoms with Crippen LogP contribution in [0.3, 0.4) is 0 Å². The van der Waals surface area contributed by atoms with E-state index >= 15 is 0 Å². The molecule has 4 aromatic rings. The molecular weight excluding hydrogens is 428 g/mol. The third kappa shape index (κ3) is 4.53. The average Bonchev–Trinajstić information content (AvgIpc) is 3.28. The highest BCUT2D eigenvalue weighted by atomic mass is 16.2. The Kier molecular flexibility index (Phi) is 6.05. The summed E-state index contributed by atoms with van der Waals surface area (Å²) in [5.41, 5.74) is 4.37. The lowest BCUT2D eigenvalue weighted by Crippen LogP contribution is -2.48. The summed E-state index contributed by atoms with van der Waals surface area (Å²) in [6.07, 6.45) is 7.20. The first-order valence-electron chi connectivity index (χ1n) is 11.3. The number of anilines is 1. The molecule has 0 aliphatic carbocycles. The number of para-hydroxylation sites is 1. The van der Waals surface area contributed by atoms with E-state index in [0.29, 0.717) is 29.9 Å². The maximum Gasteiger partial charge on any atom is 0.256 e. The Labute approximate surface area is 197 Å². The summed E-state index contributed by atoms with van der Waals surface area (Å²) in [7, 11) is 0. The summed E-state index contributed by atoms with van der Waals surface area (Å²) in [5, 5.41) is 2.93. The van der Waals surface area contributed by atoms with Gasteiger partial charge in [0.15, 0.2) is 0 Å². The van der Waals surface area contributed by atoms with Gasteiger partial charge in [0, 0.05) is 63.1 Å². The molecule has 3 aromatic heterocycles. The van der Waals surface area contributed by atoms with Gasteiger partial charge in [-0.3, -0.25) is 19.5 Å². The second-order valence-electron chi connectivity index (χ2n) is 8.45. The van der Waals surface area contributed by atoms with Crippen LogP contribution in [-0.2, 0) is 6.54 Å². The number of carbonyl (C=O) groups is 2. The Hall–Kier alpha value is -4.04. The number of hydrogen-bond acceptors (Lipinski definition) is 5. The molecule has 4 heterocycles. The predicted molar refractivity (Wildman–Crippen MR) is 130 cm³/mol. The molecule has 0 atom stereocenters. The number of benzene rings is 1. The number of fused-ring (bicyclic) bond motifs is 1. The molecule has 172 valence electrons. The summed E-state index contributed by atoms with van der Waals surface area (Å²) in [6.45, 7) is 5.43. The molecule has 0 unspecified atom stereocenters. The van der Waals surface area contributed by atoms with Crippen LogP contribution < -0.4 is 5.32 Å². The van der Waals surface area contributed by atoms with Crippen molar-refractivity contribution in [3.05, 3.63) is 95.7 Å². The SMILES string of the molecule is Cc1cccc(C(=O)N2CCN(Cc3cn4ccccc4n3)CC2)c1NC(=O)c1ccncc1. The molecule has 2 amide bonds. The van der Waals surface area contributed by atoms with Crippen molar-refractivity contribution >= 4 is 23.1 Å². The highest BCUT2D eigenvalue weighted by Crippen LogP contribution is 2.24. The van der Waals surface area contributed by atoms with Crippen molar-refractivity contribution < 1.29 is 9.59 Å². The quantitative estimate of drug-likeness (QED) is 0.501. The van der Waals surface area contributed by atoms with Gasteiger partial charge in [-0.05, 0) is 42.8 Å². The second kappa shape index (κ2) is 9.44. The van der Waals surface area contributed by atoms with Gasteiger partial charge in [-0.15, -0.1) is 0 Å². The summed E-state index contributed by atoms with van der Waals surface area (Å²) in [4.78, 5) is 38.9. The van der Waals surface area contributed by atoms with Crippen LogP contribution >= 0.6 is 0 Å². The average molecular weight is 455 g/mol. The molecule has 8 heteroatoms. The van der Waals surface area contributed by atoms with Crippen molar-refractivity contribution in [1.82, 2.24) is 24.2 Å². The lowest BCUT2D eigenvalue weighted by atomic mass is 10.1. The second-order valence-corrected chi connectivity index (χ2v) is 8.45. The molecule has 34 heavy (non-hydrogen) atoms. The van der Waals surface area contributed by atoms with Gasteiger partial charge in [-0.2, -0.15) is 0 Å². The van der Waals surface area contributed by atoms with Gasteiger partial charge in [-0.25, -0.2) is 4.98 Å². The Morgan fingerprint density at radius 2 is 1.76 bits per heavy atom. The largest absolute Gasteiger partial charge is 0.336 e. The number of piperazine rings is 1. The molecule has 0 spiro atoms. The van der Waals surface area contributed by atoms with Crippen LogP contribution in [0.25, 0.3) is 5.65 Å². The number of rotatable bonds is 5. The molecule has 0 saturated carbocycles. The Balaban J connectivity index is 1.25. The van der Waals surface area contributed by atoms with Crippen molar-refractivity contribution in [2.24, 2.45) is 0 Å². The van der Waals surface area contributed by atoms with Gasteiger partial charge in [0.25, 0.3) is 11.8 Å². The van der Waals surface area contributed by atoms with Gasteiger partial charge < -0.3 is 14.6 Å². The maximum absolute atomic E-state index is 13.4. The summed E-state index contributed by atoms with van der Waals surface area (Å²) in [6, 6.07) is 14.8. The minimum Gasteiger partial charge on any atom is -0.336 e. The fraction of sp³-hybridized carbons (Fsp3) is 0.231. The standard InChI is InChI=1S/C26H26N6O2/c1-19-5-4-6-22(24(19)29-25(33)20-8-10-27-11-9-20)26(34)31-15-13-30(14-16-31)17-21-18-32-12-3-2-7-23(32)28-21/h2-12,18H,13-17H2,1H3,(H,29,33). The van der Waals surface area contributed by atoms with E-state index in [1.54, 1.807) is 30.6 Å². The fourth-order valence-electron chi connectivity index (χ4n) is 4.27. The number of hydrogen-bond donors (Lipinski definition) is 1. The first kappa shape index (κ1) is 21.8. The zero-order valence-electron chi connectivity index (χ0n) is 19.0. The summed E-state index contributed by atoms with van der Waals surface area (Å²) < 4.78 is 2.02. The van der Waals surface area contributed by atoms with E-state index in [2.05, 4.69) is 26.4 Å². The fourth-order valence-corrected chi connectivity index (χ4v) is 4.27. The van der Waals surface area contributed by atoms with E-state index in [9.17, 15) is 9.59 Å². The number of pyridine rings is 2. The Bertz CT molecular complexity index is 1290. The van der Waals surface area contributed by atoms with Crippen LogP contribution in [0, 0.1) is 6.92 Å². The molecule has 1 aliphatic heterocycles. The molecule has 8 nitrogen and oxygen atoms in total. The van der Waals surface area contributed by atoms with Crippen LogP contribution in [0.2, 0.25) is 0 Å². The minimum absolute atomic E-state index is 0.0684. The molecule has 1 saturated heterocycles. The van der Waals surface area contributed by atoms with Gasteiger partial charge >= 0.3 is 0 Å². The number of amides is 2. The zero-order chi connectivity index (χ0) is 23.5. The van der Waals surface area contributed by atoms with E-state index < -0.39 is 0 Å². The van der Waals surface area contributed by atoms with Crippen LogP contribution in [0.1, 0.15) is 32.0 Å². The maximum atomic E-state index is 13.4. The molecular formula is C26H26N6O2. The number of nitrogens with zero attached hydrogens (tertiary/aromatic N) is 5. The molecule has 0 radical (unpaired) electrons. The zero-order valence-corrected chi connectivity index (χ0v) is 19.0. The van der Waals surface area contributed by atoms with E-state index in [-0.39, 0.29) is 11.8 Å². The normalized spacial score (nSPS) is 14.3. The monoisotopic (exact) mass is 454 g/mol. The van der Waals surface area contributed by atoms with Gasteiger partial charge in [0.2, 0.25) is 0 Å². The minimum atomic E-state index is -0.261. The van der Waals surface area contributed by atoms with Crippen molar-refractivity contribution in [1.29, 1.82) is 0 Å². The summed E-state index contributed by atoms with van der Waals surface area (Å²) in [5.74, 6) is -0.330. The Morgan fingerprint density at radius 3 is 2.53 bits per heavy atom. The van der Waals surface area contributed by atoms with E-state index in [0.717, 1.165) is 36.5 Å². The molecule has 1 aromatic carbocycles. The third-order valence-electron chi connectivity index (χ3n) is 6.14. The van der Waals surface area contributed by atoms with E-state index in [1.807, 2.05) is 52.8 Å². The number of aromatic nitrogens is 3. The highest BCUT2D eigenvalue weighted by Gasteiger charge is 2.25. The van der Waals surface area contributed by atoms with E-state index in [4.69, 9.17) is 0 Å². The van der Waals surface area contributed by atoms with Crippen LogP contribution in [0.4, 0.5) is 5.69 Å². The van der Waals surface area contributed by atoms with Crippen molar-refractivity contribution in [2.75, 3.05) is 31.5 Å². The van der Waals surface area contributed by atoms with Gasteiger partial charge in [-0.1, -0.05) is 18.2 Å². The summed E-state index contributed by atoms with van der Waals surface area (Å²) >= 11 is 0. The first-order chi connectivity index (χ1) is 16.6. The first-order valence-corrected chi connectivity index (χ1v) is 11.3. The van der Waals surface area contributed by atoms with Crippen LogP contribution in [0.15, 0.2) is 73.3 Å². The lowest BCUT2D eigenvalue weighted by Gasteiger charge is -2.34. The number of imidazole rings is 1. The molecule has 1 fully saturated rings. The van der Waals surface area contributed by atoms with Gasteiger partial charge in [0.1, 0.15) is 5.65 Å². The van der Waals surface area contributed by atoms with E-state index in [1.165, 1.54) is 0 Å². The number of aryl methyl sites for hydroxylation is 1. The molecule has 0 bridgehead atoms. The highest BCUT2D eigenvalue weighted by molar-refractivity contribution is 6.09. The smallest absolute Gasteiger partial charge is 0.256 e. The van der Waals surface area contributed by atoms with Crippen LogP contribution in [0.5, 0.6) is 0 Å². The molecule has 1 N–H and O–H groups in total. The third-order valence-corrected chi connectivity index (χ3v) is 6.14. The van der Waals surface area contributed by atoms with Gasteiger partial charge in [0.05, 0.1) is 16.9 Å².